The maximum atomic E-state index is 13.1. The van der Waals surface area contributed by atoms with E-state index in [0.717, 1.165) is 48.0 Å². The van der Waals surface area contributed by atoms with E-state index in [0.29, 0.717) is 29.2 Å². The number of piperidine rings is 1. The van der Waals surface area contributed by atoms with Gasteiger partial charge in [0.2, 0.25) is 11.9 Å². The van der Waals surface area contributed by atoms with E-state index in [-0.39, 0.29) is 17.4 Å². The molecule has 2 fully saturated rings. The summed E-state index contributed by atoms with van der Waals surface area (Å²) in [6.45, 7) is 5.70. The number of H-pyrrole nitrogens is 1. The Balaban J connectivity index is 1.39. The Morgan fingerprint density at radius 2 is 1.97 bits per heavy atom. The summed E-state index contributed by atoms with van der Waals surface area (Å²) in [4.78, 5) is 35.9. The lowest BCUT2D eigenvalue weighted by Crippen LogP contribution is -2.48. The number of benzene rings is 1. The lowest BCUT2D eigenvalue weighted by atomic mass is 9.85. The molecule has 1 saturated carbocycles. The summed E-state index contributed by atoms with van der Waals surface area (Å²) in [5, 5.41) is 5.35. The van der Waals surface area contributed by atoms with Gasteiger partial charge in [0.25, 0.3) is 5.56 Å². The molecule has 0 radical (unpaired) electrons. The van der Waals surface area contributed by atoms with Crippen LogP contribution in [0, 0.1) is 18.8 Å². The van der Waals surface area contributed by atoms with Crippen molar-refractivity contribution in [3.8, 4) is 11.1 Å². The van der Waals surface area contributed by atoms with Crippen LogP contribution in [0.3, 0.4) is 0 Å². The van der Waals surface area contributed by atoms with Gasteiger partial charge in [0, 0.05) is 30.1 Å². The first-order chi connectivity index (χ1) is 16.0. The summed E-state index contributed by atoms with van der Waals surface area (Å²) in [6.07, 6.45) is 6.52. The molecule has 2 aromatic heterocycles. The highest BCUT2D eigenvalue weighted by molar-refractivity contribution is 7.17. The predicted octanol–water partition coefficient (Wildman–Crippen LogP) is 4.87. The van der Waals surface area contributed by atoms with Crippen LogP contribution in [0.25, 0.3) is 21.3 Å². The van der Waals surface area contributed by atoms with Crippen molar-refractivity contribution in [2.24, 2.45) is 11.8 Å². The van der Waals surface area contributed by atoms with E-state index >= 15 is 0 Å². The summed E-state index contributed by atoms with van der Waals surface area (Å²) in [5.74, 6) is 1.19. The minimum absolute atomic E-state index is 0.0767. The highest BCUT2D eigenvalue weighted by atomic mass is 32.1. The lowest BCUT2D eigenvalue weighted by Gasteiger charge is -2.35. The fraction of sp³-hybridized carbons (Fsp3) is 0.500. The number of aromatic amines is 1. The standard InChI is InChI=1S/C26H32N4O2S/c1-16-8-3-5-11-19(16)20-15-33-23-22(20)28-26(29-25(23)32)30-13-7-10-18(14-30)24(31)27-21-12-6-4-9-17(21)2/h3,5,8,11,15,17-18,21H,4,6-7,9-10,12-14H2,1-2H3,(H,27,31)(H,28,29,32)/t17-,18-,21+/m0/s1. The third-order valence-electron chi connectivity index (χ3n) is 7.38. The molecule has 5 rings (SSSR count). The molecule has 1 aliphatic carbocycles. The van der Waals surface area contributed by atoms with Crippen molar-refractivity contribution in [3.05, 3.63) is 45.6 Å². The van der Waals surface area contributed by atoms with Crippen molar-refractivity contribution >= 4 is 33.4 Å². The van der Waals surface area contributed by atoms with Gasteiger partial charge in [-0.2, -0.15) is 0 Å². The summed E-state index contributed by atoms with van der Waals surface area (Å²) in [5.41, 5.74) is 3.90. The summed E-state index contributed by atoms with van der Waals surface area (Å²) < 4.78 is 0.648. The van der Waals surface area contributed by atoms with E-state index in [9.17, 15) is 9.59 Å². The molecule has 3 aromatic rings. The van der Waals surface area contributed by atoms with Crippen molar-refractivity contribution in [2.45, 2.75) is 58.4 Å². The van der Waals surface area contributed by atoms with Crippen molar-refractivity contribution in [1.82, 2.24) is 15.3 Å². The minimum Gasteiger partial charge on any atom is -0.353 e. The number of nitrogens with zero attached hydrogens (tertiary/aromatic N) is 2. The fourth-order valence-electron chi connectivity index (χ4n) is 5.35. The molecular formula is C26H32N4O2S. The zero-order valence-electron chi connectivity index (χ0n) is 19.4. The fourth-order valence-corrected chi connectivity index (χ4v) is 6.25. The lowest BCUT2D eigenvalue weighted by molar-refractivity contribution is -0.126. The molecule has 0 unspecified atom stereocenters. The second kappa shape index (κ2) is 9.29. The van der Waals surface area contributed by atoms with Crippen LogP contribution in [-0.4, -0.2) is 35.0 Å². The number of aryl methyl sites for hydroxylation is 1. The van der Waals surface area contributed by atoms with Gasteiger partial charge < -0.3 is 10.2 Å². The van der Waals surface area contributed by atoms with Gasteiger partial charge in [0.05, 0.1) is 11.4 Å². The average Bonchev–Trinajstić information content (AvgIpc) is 3.25. The van der Waals surface area contributed by atoms with Crippen LogP contribution < -0.4 is 15.8 Å². The Morgan fingerprint density at radius 3 is 2.79 bits per heavy atom. The predicted molar refractivity (Wildman–Crippen MR) is 135 cm³/mol. The van der Waals surface area contributed by atoms with Crippen LogP contribution in [0.2, 0.25) is 0 Å². The largest absolute Gasteiger partial charge is 0.353 e. The number of anilines is 1. The number of thiophene rings is 1. The Kier molecular flexibility index (Phi) is 6.23. The van der Waals surface area contributed by atoms with E-state index in [1.165, 1.54) is 30.6 Å². The number of carbonyl (C=O) groups excluding carboxylic acids is 1. The molecule has 33 heavy (non-hydrogen) atoms. The molecule has 2 aliphatic rings. The Morgan fingerprint density at radius 1 is 1.15 bits per heavy atom. The molecule has 0 bridgehead atoms. The molecular weight excluding hydrogens is 432 g/mol. The van der Waals surface area contributed by atoms with Gasteiger partial charge in [-0.25, -0.2) is 4.98 Å². The van der Waals surface area contributed by atoms with Crippen LogP contribution in [0.4, 0.5) is 5.95 Å². The first kappa shape index (κ1) is 22.1. The van der Waals surface area contributed by atoms with Crippen LogP contribution in [0.1, 0.15) is 51.0 Å². The van der Waals surface area contributed by atoms with E-state index in [4.69, 9.17) is 4.98 Å². The van der Waals surface area contributed by atoms with E-state index in [1.54, 1.807) is 0 Å². The Bertz CT molecular complexity index is 1220. The second-order valence-electron chi connectivity index (χ2n) is 9.69. The van der Waals surface area contributed by atoms with Crippen molar-refractivity contribution in [1.29, 1.82) is 0 Å². The number of nitrogens with one attached hydrogen (secondary N) is 2. The summed E-state index contributed by atoms with van der Waals surface area (Å²) in [7, 11) is 0. The normalized spacial score (nSPS) is 23.6. The summed E-state index contributed by atoms with van der Waals surface area (Å²) in [6, 6.07) is 8.48. The third-order valence-corrected chi connectivity index (χ3v) is 8.35. The second-order valence-corrected chi connectivity index (χ2v) is 10.6. The molecule has 6 nitrogen and oxygen atoms in total. The molecule has 3 heterocycles. The monoisotopic (exact) mass is 464 g/mol. The first-order valence-electron chi connectivity index (χ1n) is 12.1. The Hall–Kier alpha value is -2.67. The van der Waals surface area contributed by atoms with Crippen LogP contribution in [0.15, 0.2) is 34.4 Å². The number of fused-ring (bicyclic) bond motifs is 1. The SMILES string of the molecule is Cc1ccccc1-c1csc2c(=O)[nH]c(N3CCC[C@H](C(=O)N[C@@H]4CCCC[C@@H]4C)C3)nc12. The van der Waals surface area contributed by atoms with Gasteiger partial charge in [-0.15, -0.1) is 11.3 Å². The number of carbonyl (C=O) groups is 1. The van der Waals surface area contributed by atoms with E-state index < -0.39 is 0 Å². The van der Waals surface area contributed by atoms with Gasteiger partial charge in [-0.3, -0.25) is 14.6 Å². The van der Waals surface area contributed by atoms with Gasteiger partial charge >= 0.3 is 0 Å². The number of aromatic nitrogens is 2. The molecule has 1 aromatic carbocycles. The van der Waals surface area contributed by atoms with Crippen LogP contribution in [0.5, 0.6) is 0 Å². The minimum atomic E-state index is -0.109. The molecule has 1 amide bonds. The maximum Gasteiger partial charge on any atom is 0.270 e. The van der Waals surface area contributed by atoms with Crippen molar-refractivity contribution in [2.75, 3.05) is 18.0 Å². The Labute approximate surface area is 198 Å². The molecule has 174 valence electrons. The quantitative estimate of drug-likeness (QED) is 0.577. The summed E-state index contributed by atoms with van der Waals surface area (Å²) >= 11 is 1.44. The molecule has 0 spiro atoms. The van der Waals surface area contributed by atoms with Gasteiger partial charge in [0.15, 0.2) is 0 Å². The van der Waals surface area contributed by atoms with Crippen molar-refractivity contribution < 1.29 is 4.79 Å². The molecule has 1 saturated heterocycles. The molecule has 7 heteroatoms. The highest BCUT2D eigenvalue weighted by Crippen LogP contribution is 2.34. The smallest absolute Gasteiger partial charge is 0.270 e. The van der Waals surface area contributed by atoms with Gasteiger partial charge in [0.1, 0.15) is 4.70 Å². The van der Waals surface area contributed by atoms with Crippen LogP contribution in [-0.2, 0) is 4.79 Å². The molecule has 3 atom stereocenters. The average molecular weight is 465 g/mol. The van der Waals surface area contributed by atoms with E-state index in [2.05, 4.69) is 41.2 Å². The third kappa shape index (κ3) is 4.43. The zero-order valence-corrected chi connectivity index (χ0v) is 20.2. The number of hydrogen-bond acceptors (Lipinski definition) is 5. The number of hydrogen-bond donors (Lipinski definition) is 2. The topological polar surface area (TPSA) is 78.1 Å². The van der Waals surface area contributed by atoms with Crippen molar-refractivity contribution in [3.63, 3.8) is 0 Å². The van der Waals surface area contributed by atoms with E-state index in [1.807, 2.05) is 17.5 Å². The zero-order chi connectivity index (χ0) is 22.9. The first-order valence-corrected chi connectivity index (χ1v) is 13.0. The number of rotatable bonds is 4. The number of amides is 1. The maximum absolute atomic E-state index is 13.1. The van der Waals surface area contributed by atoms with Gasteiger partial charge in [-0.05, 0) is 49.7 Å². The van der Waals surface area contributed by atoms with Gasteiger partial charge in [-0.1, -0.05) is 44.0 Å². The highest BCUT2D eigenvalue weighted by Gasteiger charge is 2.30. The van der Waals surface area contributed by atoms with Crippen LogP contribution >= 0.6 is 11.3 Å². The molecule has 1 aliphatic heterocycles. The molecule has 2 N–H and O–H groups in total.